The van der Waals surface area contributed by atoms with Gasteiger partial charge in [0.1, 0.15) is 11.5 Å². The number of rotatable bonds is 4. The normalized spacial score (nSPS) is 10.6. The van der Waals surface area contributed by atoms with Gasteiger partial charge in [-0.25, -0.2) is 8.78 Å². The molecule has 2 rings (SSSR count). The highest BCUT2D eigenvalue weighted by atomic mass is 19.1. The molecule has 21 heavy (non-hydrogen) atoms. The molecule has 0 bridgehead atoms. The van der Waals surface area contributed by atoms with Crippen LogP contribution in [0, 0.1) is 11.6 Å². The lowest BCUT2D eigenvalue weighted by atomic mass is 10.2. The third kappa shape index (κ3) is 3.79. The molecule has 0 saturated carbocycles. The Morgan fingerprint density at radius 1 is 1.10 bits per heavy atom. The summed E-state index contributed by atoms with van der Waals surface area (Å²) in [4.78, 5) is 11.1. The van der Waals surface area contributed by atoms with Crippen molar-refractivity contribution in [1.29, 1.82) is 0 Å². The SMILES string of the molecule is C=CC(=O)Nc1ccc(N=Nc2ccccc2F)cc1F. The van der Waals surface area contributed by atoms with Crippen molar-refractivity contribution >= 4 is 23.0 Å². The molecule has 0 aromatic heterocycles. The summed E-state index contributed by atoms with van der Waals surface area (Å²) < 4.78 is 27.1. The summed E-state index contributed by atoms with van der Waals surface area (Å²) in [5.74, 6) is -1.71. The molecule has 0 spiro atoms. The molecule has 0 aliphatic rings. The van der Waals surface area contributed by atoms with E-state index in [0.29, 0.717) is 0 Å². The first kappa shape index (κ1) is 14.5. The fourth-order valence-corrected chi connectivity index (χ4v) is 1.50. The minimum Gasteiger partial charge on any atom is -0.320 e. The van der Waals surface area contributed by atoms with Crippen LogP contribution in [-0.2, 0) is 4.79 Å². The number of nitrogens with zero attached hydrogens (tertiary/aromatic N) is 2. The molecule has 0 heterocycles. The molecule has 1 amide bonds. The predicted molar refractivity (Wildman–Crippen MR) is 75.8 cm³/mol. The van der Waals surface area contributed by atoms with Crippen molar-refractivity contribution in [3.63, 3.8) is 0 Å². The van der Waals surface area contributed by atoms with Gasteiger partial charge in [-0.05, 0) is 30.3 Å². The van der Waals surface area contributed by atoms with Gasteiger partial charge in [-0.15, -0.1) is 5.11 Å². The third-order valence-electron chi connectivity index (χ3n) is 2.52. The number of halogens is 2. The van der Waals surface area contributed by atoms with E-state index < -0.39 is 17.5 Å². The molecule has 0 radical (unpaired) electrons. The van der Waals surface area contributed by atoms with Crippen LogP contribution in [-0.4, -0.2) is 5.91 Å². The van der Waals surface area contributed by atoms with Crippen LogP contribution in [0.3, 0.4) is 0 Å². The molecule has 6 heteroatoms. The van der Waals surface area contributed by atoms with Crippen LogP contribution >= 0.6 is 0 Å². The van der Waals surface area contributed by atoms with E-state index in [1.165, 1.54) is 30.3 Å². The largest absolute Gasteiger partial charge is 0.320 e. The van der Waals surface area contributed by atoms with Gasteiger partial charge in [-0.1, -0.05) is 18.7 Å². The molecule has 0 fully saturated rings. The van der Waals surface area contributed by atoms with Crippen molar-refractivity contribution < 1.29 is 13.6 Å². The molecule has 0 aliphatic carbocycles. The summed E-state index contributed by atoms with van der Waals surface area (Å²) >= 11 is 0. The van der Waals surface area contributed by atoms with Gasteiger partial charge >= 0.3 is 0 Å². The van der Waals surface area contributed by atoms with Crippen LogP contribution in [0.2, 0.25) is 0 Å². The van der Waals surface area contributed by atoms with Gasteiger partial charge in [0.05, 0.1) is 11.4 Å². The first-order chi connectivity index (χ1) is 10.1. The number of anilines is 1. The summed E-state index contributed by atoms with van der Waals surface area (Å²) in [5.41, 5.74) is 0.263. The summed E-state index contributed by atoms with van der Waals surface area (Å²) in [6.45, 7) is 3.27. The second-order valence-corrected chi connectivity index (χ2v) is 4.01. The standard InChI is InChI=1S/C15H11F2N3O/c1-2-15(21)18-13-8-7-10(9-12(13)17)19-20-14-6-4-3-5-11(14)16/h2-9H,1H2,(H,18,21). The van der Waals surface area contributed by atoms with E-state index in [0.717, 1.165) is 12.1 Å². The maximum absolute atomic E-state index is 13.7. The van der Waals surface area contributed by atoms with E-state index in [4.69, 9.17) is 0 Å². The minimum absolute atomic E-state index is 0.00439. The summed E-state index contributed by atoms with van der Waals surface area (Å²) in [7, 11) is 0. The van der Waals surface area contributed by atoms with Crippen molar-refractivity contribution in [3.8, 4) is 0 Å². The fraction of sp³-hybridized carbons (Fsp3) is 0. The number of amides is 1. The zero-order valence-corrected chi connectivity index (χ0v) is 10.9. The topological polar surface area (TPSA) is 53.8 Å². The molecule has 106 valence electrons. The molecule has 0 unspecified atom stereocenters. The maximum atomic E-state index is 13.7. The van der Waals surface area contributed by atoms with Gasteiger partial charge in [0.25, 0.3) is 0 Å². The highest BCUT2D eigenvalue weighted by Crippen LogP contribution is 2.24. The second-order valence-electron chi connectivity index (χ2n) is 4.01. The number of azo groups is 1. The average Bonchev–Trinajstić information content (AvgIpc) is 2.48. The molecule has 0 atom stereocenters. The second kappa shape index (κ2) is 6.51. The van der Waals surface area contributed by atoms with Crippen molar-refractivity contribution in [2.75, 3.05) is 5.32 Å². The van der Waals surface area contributed by atoms with E-state index in [1.807, 2.05) is 0 Å². The van der Waals surface area contributed by atoms with E-state index >= 15 is 0 Å². The minimum atomic E-state index is -0.671. The van der Waals surface area contributed by atoms with E-state index in [-0.39, 0.29) is 17.1 Å². The van der Waals surface area contributed by atoms with Gasteiger partial charge in [-0.2, -0.15) is 5.11 Å². The lowest BCUT2D eigenvalue weighted by Gasteiger charge is -2.03. The third-order valence-corrected chi connectivity index (χ3v) is 2.52. The molecule has 4 nitrogen and oxygen atoms in total. The lowest BCUT2D eigenvalue weighted by Crippen LogP contribution is -2.08. The Labute approximate surface area is 119 Å². The fourth-order valence-electron chi connectivity index (χ4n) is 1.50. The first-order valence-corrected chi connectivity index (χ1v) is 5.99. The lowest BCUT2D eigenvalue weighted by molar-refractivity contribution is -0.111. The van der Waals surface area contributed by atoms with E-state index in [9.17, 15) is 13.6 Å². The quantitative estimate of drug-likeness (QED) is 0.653. The van der Waals surface area contributed by atoms with Gasteiger partial charge in [0, 0.05) is 6.07 Å². The Balaban J connectivity index is 2.19. The van der Waals surface area contributed by atoms with Gasteiger partial charge in [-0.3, -0.25) is 4.79 Å². The average molecular weight is 287 g/mol. The first-order valence-electron chi connectivity index (χ1n) is 5.99. The van der Waals surface area contributed by atoms with Crippen LogP contribution in [0.5, 0.6) is 0 Å². The summed E-state index contributed by atoms with van der Waals surface area (Å²) in [5, 5.41) is 9.76. The highest BCUT2D eigenvalue weighted by molar-refractivity contribution is 5.99. The zero-order chi connectivity index (χ0) is 15.2. The van der Waals surface area contributed by atoms with Crippen molar-refractivity contribution in [1.82, 2.24) is 0 Å². The molecule has 2 aromatic carbocycles. The molecule has 0 saturated heterocycles. The van der Waals surface area contributed by atoms with Gasteiger partial charge in [0.2, 0.25) is 5.91 Å². The summed E-state index contributed by atoms with van der Waals surface area (Å²) in [6.07, 6.45) is 1.03. The van der Waals surface area contributed by atoms with Gasteiger partial charge in [0.15, 0.2) is 5.82 Å². The number of carbonyl (C=O) groups is 1. The van der Waals surface area contributed by atoms with Crippen LogP contribution < -0.4 is 5.32 Å². The Bertz CT molecular complexity index is 714. The Morgan fingerprint density at radius 3 is 2.52 bits per heavy atom. The highest BCUT2D eigenvalue weighted by Gasteiger charge is 2.05. The molecular weight excluding hydrogens is 276 g/mol. The van der Waals surface area contributed by atoms with Crippen LogP contribution in [0.25, 0.3) is 0 Å². The van der Waals surface area contributed by atoms with Crippen molar-refractivity contribution in [2.45, 2.75) is 0 Å². The molecule has 1 N–H and O–H groups in total. The molecule has 2 aromatic rings. The summed E-state index contributed by atoms with van der Waals surface area (Å²) in [6, 6.07) is 9.73. The van der Waals surface area contributed by atoms with Gasteiger partial charge < -0.3 is 5.32 Å². The predicted octanol–water partition coefficient (Wildman–Crippen LogP) is 4.50. The van der Waals surface area contributed by atoms with Crippen molar-refractivity contribution in [3.05, 3.63) is 66.8 Å². The van der Waals surface area contributed by atoms with Crippen LogP contribution in [0.4, 0.5) is 25.8 Å². The smallest absolute Gasteiger partial charge is 0.247 e. The monoisotopic (exact) mass is 287 g/mol. The number of nitrogens with one attached hydrogen (secondary N) is 1. The Hall–Kier alpha value is -2.89. The van der Waals surface area contributed by atoms with Crippen molar-refractivity contribution in [2.24, 2.45) is 10.2 Å². The van der Waals surface area contributed by atoms with Crippen LogP contribution in [0.15, 0.2) is 65.3 Å². The Kier molecular flexibility index (Phi) is 4.50. The maximum Gasteiger partial charge on any atom is 0.247 e. The Morgan fingerprint density at radius 2 is 1.86 bits per heavy atom. The molecule has 0 aliphatic heterocycles. The van der Waals surface area contributed by atoms with E-state index in [1.54, 1.807) is 6.07 Å². The molecular formula is C15H11F2N3O. The number of carbonyl (C=O) groups excluding carboxylic acids is 1. The van der Waals surface area contributed by atoms with E-state index in [2.05, 4.69) is 22.1 Å². The number of hydrogen-bond acceptors (Lipinski definition) is 3. The number of benzene rings is 2. The zero-order valence-electron chi connectivity index (χ0n) is 10.9. The van der Waals surface area contributed by atoms with Crippen LogP contribution in [0.1, 0.15) is 0 Å². The number of hydrogen-bond donors (Lipinski definition) is 1.